The number of halogens is 1. The van der Waals surface area contributed by atoms with Crippen LogP contribution < -0.4 is 10.1 Å². The molecule has 1 aromatic carbocycles. The van der Waals surface area contributed by atoms with Crippen molar-refractivity contribution >= 4 is 17.5 Å². The second-order valence-corrected chi connectivity index (χ2v) is 6.70. The Morgan fingerprint density at radius 2 is 2.11 bits per heavy atom. The van der Waals surface area contributed by atoms with E-state index in [9.17, 15) is 4.79 Å². The molecule has 0 bridgehead atoms. The van der Waals surface area contributed by atoms with E-state index in [0.29, 0.717) is 22.1 Å². The van der Waals surface area contributed by atoms with Crippen LogP contribution in [0.2, 0.25) is 5.02 Å². The Balaban J connectivity index is 1.74. The molecule has 8 heteroatoms. The van der Waals surface area contributed by atoms with Crippen LogP contribution in [0, 0.1) is 13.8 Å². The van der Waals surface area contributed by atoms with Crippen LogP contribution in [0.25, 0.3) is 0 Å². The van der Waals surface area contributed by atoms with Gasteiger partial charge in [-0.2, -0.15) is 5.10 Å². The van der Waals surface area contributed by atoms with Gasteiger partial charge in [0.25, 0.3) is 5.91 Å². The topological polar surface area (TPSA) is 82.2 Å². The molecule has 0 aliphatic heterocycles. The summed E-state index contributed by atoms with van der Waals surface area (Å²) >= 11 is 6.11. The average Bonchev–Trinajstić information content (AvgIpc) is 3.17. The van der Waals surface area contributed by atoms with E-state index < -0.39 is 0 Å². The fraction of sp³-hybridized carbons (Fsp3) is 0.316. The predicted octanol–water partition coefficient (Wildman–Crippen LogP) is 3.75. The molecule has 0 saturated heterocycles. The zero-order chi connectivity index (χ0) is 19.6. The molecule has 1 amide bonds. The Kier molecular flexibility index (Phi) is 5.51. The Labute approximate surface area is 162 Å². The number of hydrogen-bond donors (Lipinski definition) is 1. The highest BCUT2D eigenvalue weighted by Crippen LogP contribution is 2.25. The second kappa shape index (κ2) is 7.84. The highest BCUT2D eigenvalue weighted by molar-refractivity contribution is 6.32. The zero-order valence-corrected chi connectivity index (χ0v) is 16.4. The molecule has 0 aliphatic rings. The highest BCUT2D eigenvalue weighted by Gasteiger charge is 2.23. The summed E-state index contributed by atoms with van der Waals surface area (Å²) in [6, 6.07) is 6.93. The number of carbonyl (C=O) groups excluding carboxylic acids is 1. The van der Waals surface area contributed by atoms with E-state index in [1.165, 1.54) is 0 Å². The van der Waals surface area contributed by atoms with Gasteiger partial charge in [0.05, 0.1) is 22.8 Å². The van der Waals surface area contributed by atoms with E-state index in [4.69, 9.17) is 20.9 Å². The number of hydrogen-bond acceptors (Lipinski definition) is 5. The highest BCUT2D eigenvalue weighted by atomic mass is 35.5. The van der Waals surface area contributed by atoms with E-state index in [1.807, 2.05) is 33.0 Å². The van der Waals surface area contributed by atoms with Gasteiger partial charge in [0.1, 0.15) is 18.1 Å². The third kappa shape index (κ3) is 3.98. The summed E-state index contributed by atoms with van der Waals surface area (Å²) in [6.07, 6.45) is 1.75. The van der Waals surface area contributed by atoms with E-state index >= 15 is 0 Å². The van der Waals surface area contributed by atoms with Crippen molar-refractivity contribution in [2.24, 2.45) is 7.05 Å². The van der Waals surface area contributed by atoms with Gasteiger partial charge in [-0.1, -0.05) is 28.9 Å². The smallest absolute Gasteiger partial charge is 0.274 e. The zero-order valence-electron chi connectivity index (χ0n) is 15.6. The van der Waals surface area contributed by atoms with Crippen LogP contribution >= 0.6 is 11.6 Å². The number of nitrogens with zero attached hydrogens (tertiary/aromatic N) is 3. The predicted molar refractivity (Wildman–Crippen MR) is 101 cm³/mol. The molecule has 1 N–H and O–H groups in total. The summed E-state index contributed by atoms with van der Waals surface area (Å²) in [7, 11) is 1.86. The number of para-hydroxylation sites is 1. The van der Waals surface area contributed by atoms with Gasteiger partial charge in [-0.3, -0.25) is 9.48 Å². The van der Waals surface area contributed by atoms with Crippen LogP contribution in [-0.2, 0) is 13.7 Å². The van der Waals surface area contributed by atoms with Crippen molar-refractivity contribution in [3.05, 3.63) is 63.8 Å². The van der Waals surface area contributed by atoms with Crippen molar-refractivity contribution in [1.29, 1.82) is 0 Å². The summed E-state index contributed by atoms with van der Waals surface area (Å²) in [5.74, 6) is 0.725. The minimum absolute atomic E-state index is 0.127. The normalized spacial score (nSPS) is 12.0. The Hall–Kier alpha value is -2.80. The molecule has 3 aromatic rings. The number of rotatable bonds is 6. The molecule has 2 heterocycles. The third-order valence-corrected chi connectivity index (χ3v) is 4.81. The fourth-order valence-corrected chi connectivity index (χ4v) is 2.93. The molecular formula is C19H21ClN4O3. The molecule has 1 unspecified atom stereocenters. The molecule has 0 fully saturated rings. The second-order valence-electron chi connectivity index (χ2n) is 6.29. The van der Waals surface area contributed by atoms with E-state index in [2.05, 4.69) is 15.6 Å². The maximum Gasteiger partial charge on any atom is 0.274 e. The number of carbonyl (C=O) groups is 1. The number of benzene rings is 1. The number of amides is 1. The van der Waals surface area contributed by atoms with E-state index in [-0.39, 0.29) is 24.2 Å². The molecule has 0 aliphatic carbocycles. The van der Waals surface area contributed by atoms with Crippen molar-refractivity contribution in [3.63, 3.8) is 0 Å². The standard InChI is InChI=1S/C19H21ClN4O3/c1-11(14-9-21-24(4)12(14)2)22-19(25)18-15(13(3)27-23-18)10-26-17-8-6-5-7-16(17)20/h5-9,11H,10H2,1-4H3,(H,22,25). The molecule has 0 spiro atoms. The molecule has 7 nitrogen and oxygen atoms in total. The van der Waals surface area contributed by atoms with Gasteiger partial charge < -0.3 is 14.6 Å². The lowest BCUT2D eigenvalue weighted by molar-refractivity contribution is 0.0928. The van der Waals surface area contributed by atoms with Crippen LogP contribution in [-0.4, -0.2) is 20.8 Å². The van der Waals surface area contributed by atoms with Gasteiger partial charge in [0, 0.05) is 18.3 Å². The lowest BCUT2D eigenvalue weighted by Gasteiger charge is -2.13. The molecular weight excluding hydrogens is 368 g/mol. The summed E-state index contributed by atoms with van der Waals surface area (Å²) in [4.78, 5) is 12.7. The van der Waals surface area contributed by atoms with Gasteiger partial charge >= 0.3 is 0 Å². The Morgan fingerprint density at radius 1 is 1.37 bits per heavy atom. The summed E-state index contributed by atoms with van der Waals surface area (Å²) < 4.78 is 12.7. The van der Waals surface area contributed by atoms with E-state index in [1.54, 1.807) is 29.9 Å². The number of nitrogens with one attached hydrogen (secondary N) is 1. The van der Waals surface area contributed by atoms with Crippen molar-refractivity contribution in [2.45, 2.75) is 33.4 Å². The monoisotopic (exact) mass is 388 g/mol. The van der Waals surface area contributed by atoms with Gasteiger partial charge in [-0.05, 0) is 32.9 Å². The maximum atomic E-state index is 12.7. The molecule has 0 radical (unpaired) electrons. The molecule has 2 aromatic heterocycles. The van der Waals surface area contributed by atoms with Crippen molar-refractivity contribution < 1.29 is 14.1 Å². The largest absolute Gasteiger partial charge is 0.487 e. The number of ether oxygens (including phenoxy) is 1. The maximum absolute atomic E-state index is 12.7. The first-order chi connectivity index (χ1) is 12.9. The Bertz CT molecular complexity index is 964. The average molecular weight is 389 g/mol. The first-order valence-electron chi connectivity index (χ1n) is 8.50. The number of aromatic nitrogens is 3. The Morgan fingerprint density at radius 3 is 2.78 bits per heavy atom. The minimum atomic E-state index is -0.333. The molecule has 1 atom stereocenters. The van der Waals surface area contributed by atoms with Crippen LogP contribution in [0.5, 0.6) is 5.75 Å². The van der Waals surface area contributed by atoms with Gasteiger partial charge in [-0.15, -0.1) is 0 Å². The molecule has 142 valence electrons. The number of aryl methyl sites for hydroxylation is 2. The molecule has 27 heavy (non-hydrogen) atoms. The van der Waals surface area contributed by atoms with Gasteiger partial charge in [0.15, 0.2) is 5.69 Å². The van der Waals surface area contributed by atoms with Crippen LogP contribution in [0.3, 0.4) is 0 Å². The lowest BCUT2D eigenvalue weighted by atomic mass is 10.1. The van der Waals surface area contributed by atoms with Gasteiger partial charge in [0.2, 0.25) is 0 Å². The van der Waals surface area contributed by atoms with Crippen LogP contribution in [0.1, 0.15) is 46.0 Å². The van der Waals surface area contributed by atoms with Crippen molar-refractivity contribution in [1.82, 2.24) is 20.3 Å². The first-order valence-corrected chi connectivity index (χ1v) is 8.88. The van der Waals surface area contributed by atoms with Crippen LogP contribution in [0.4, 0.5) is 0 Å². The molecule has 3 rings (SSSR count). The third-order valence-electron chi connectivity index (χ3n) is 4.50. The van der Waals surface area contributed by atoms with Crippen molar-refractivity contribution in [2.75, 3.05) is 0 Å². The molecule has 0 saturated carbocycles. The van der Waals surface area contributed by atoms with Crippen LogP contribution in [0.15, 0.2) is 35.0 Å². The fourth-order valence-electron chi connectivity index (χ4n) is 2.73. The quantitative estimate of drug-likeness (QED) is 0.695. The SMILES string of the molecule is Cc1onc(C(=O)NC(C)c2cnn(C)c2C)c1COc1ccccc1Cl. The van der Waals surface area contributed by atoms with E-state index in [0.717, 1.165) is 11.3 Å². The summed E-state index contributed by atoms with van der Waals surface area (Å²) in [5, 5.41) is 11.5. The minimum Gasteiger partial charge on any atom is -0.487 e. The van der Waals surface area contributed by atoms with Crippen molar-refractivity contribution in [3.8, 4) is 5.75 Å². The lowest BCUT2D eigenvalue weighted by Crippen LogP contribution is -2.28. The van der Waals surface area contributed by atoms with Gasteiger partial charge in [-0.25, -0.2) is 0 Å². The first kappa shape index (κ1) is 19.0. The summed E-state index contributed by atoms with van der Waals surface area (Å²) in [5.41, 5.74) is 2.72. The summed E-state index contributed by atoms with van der Waals surface area (Å²) in [6.45, 7) is 5.72.